The van der Waals surface area contributed by atoms with Gasteiger partial charge >= 0.3 is 5.97 Å². The van der Waals surface area contributed by atoms with Crippen LogP contribution in [-0.2, 0) is 20.7 Å². The number of rotatable bonds is 4. The van der Waals surface area contributed by atoms with Gasteiger partial charge in [-0.25, -0.2) is 4.39 Å². The topological polar surface area (TPSA) is 64.6 Å². The smallest absolute Gasteiger partial charge is 0.313 e. The van der Waals surface area contributed by atoms with Crippen LogP contribution < -0.4 is 10.1 Å². The third-order valence-corrected chi connectivity index (χ3v) is 4.27. The van der Waals surface area contributed by atoms with Gasteiger partial charge in [-0.3, -0.25) is 9.59 Å². The van der Waals surface area contributed by atoms with Crippen molar-refractivity contribution in [1.82, 2.24) is 0 Å². The molecule has 2 aromatic rings. The summed E-state index contributed by atoms with van der Waals surface area (Å²) < 4.78 is 23.7. The Morgan fingerprint density at radius 1 is 1.27 bits per heavy atom. The first-order valence-electron chi connectivity index (χ1n) is 8.10. The van der Waals surface area contributed by atoms with Crippen LogP contribution in [-0.4, -0.2) is 24.6 Å². The van der Waals surface area contributed by atoms with Gasteiger partial charge in [0.1, 0.15) is 18.2 Å². The molecule has 0 aliphatic carbocycles. The predicted molar refractivity (Wildman–Crippen MR) is 94.7 cm³/mol. The van der Waals surface area contributed by atoms with Crippen molar-refractivity contribution < 1.29 is 23.5 Å². The number of nitrogens with one attached hydrogen (secondary N) is 1. The summed E-state index contributed by atoms with van der Waals surface area (Å²) in [6.45, 7) is 1.66. The number of hydrogen-bond acceptors (Lipinski definition) is 4. The zero-order chi connectivity index (χ0) is 18.7. The number of ether oxygens (including phenoxy) is 2. The Balaban J connectivity index is 1.57. The molecule has 2 aromatic carbocycles. The summed E-state index contributed by atoms with van der Waals surface area (Å²) in [7, 11) is 0. The van der Waals surface area contributed by atoms with Crippen LogP contribution in [0.15, 0.2) is 42.5 Å². The Morgan fingerprint density at radius 3 is 2.73 bits per heavy atom. The van der Waals surface area contributed by atoms with E-state index in [0.29, 0.717) is 22.9 Å². The summed E-state index contributed by atoms with van der Waals surface area (Å²) in [6, 6.07) is 10.6. The molecule has 26 heavy (non-hydrogen) atoms. The molecule has 136 valence electrons. The number of halogens is 2. The van der Waals surface area contributed by atoms with E-state index in [1.807, 2.05) is 0 Å². The molecule has 0 spiro atoms. The highest BCUT2D eigenvalue weighted by molar-refractivity contribution is 6.30. The van der Waals surface area contributed by atoms with Gasteiger partial charge in [0.25, 0.3) is 5.91 Å². The predicted octanol–water partition coefficient (Wildman–Crippen LogP) is 3.60. The van der Waals surface area contributed by atoms with E-state index in [-0.39, 0.29) is 6.61 Å². The lowest BCUT2D eigenvalue weighted by atomic mass is 9.97. The van der Waals surface area contributed by atoms with Gasteiger partial charge in [0, 0.05) is 10.7 Å². The summed E-state index contributed by atoms with van der Waals surface area (Å²) in [5, 5.41) is 3.13. The van der Waals surface area contributed by atoms with Crippen molar-refractivity contribution in [3.63, 3.8) is 0 Å². The highest BCUT2D eigenvalue weighted by atomic mass is 35.5. The first-order valence-corrected chi connectivity index (χ1v) is 8.48. The second-order valence-corrected chi connectivity index (χ2v) is 6.48. The molecule has 0 saturated heterocycles. The van der Waals surface area contributed by atoms with Crippen LogP contribution in [0.25, 0.3) is 0 Å². The van der Waals surface area contributed by atoms with Gasteiger partial charge in [0.05, 0.1) is 5.92 Å². The average molecular weight is 378 g/mol. The summed E-state index contributed by atoms with van der Waals surface area (Å²) >= 11 is 5.97. The average Bonchev–Trinajstić information content (AvgIpc) is 2.62. The SMILES string of the molecule is C[C@@H](OC(=O)[C@@H]1COc2ccc(Cl)cc2C1)C(=O)Nc1ccc(F)cc1. The number of hydrogen-bond donors (Lipinski definition) is 1. The summed E-state index contributed by atoms with van der Waals surface area (Å²) in [5.74, 6) is -1.23. The van der Waals surface area contributed by atoms with Crippen molar-refractivity contribution in [2.75, 3.05) is 11.9 Å². The zero-order valence-electron chi connectivity index (χ0n) is 14.0. The Morgan fingerprint density at radius 2 is 2.00 bits per heavy atom. The Bertz CT molecular complexity index is 825. The Hall–Kier alpha value is -2.60. The molecule has 0 saturated carbocycles. The van der Waals surface area contributed by atoms with Gasteiger partial charge < -0.3 is 14.8 Å². The van der Waals surface area contributed by atoms with Crippen LogP contribution in [0.2, 0.25) is 5.02 Å². The molecule has 0 unspecified atom stereocenters. The quantitative estimate of drug-likeness (QED) is 0.827. The summed E-state index contributed by atoms with van der Waals surface area (Å²) in [5.41, 5.74) is 1.25. The molecule has 0 bridgehead atoms. The number of amides is 1. The minimum Gasteiger partial charge on any atom is -0.492 e. The molecular formula is C19H17ClFNO4. The maximum Gasteiger partial charge on any atom is 0.313 e. The fraction of sp³-hybridized carbons (Fsp3) is 0.263. The highest BCUT2D eigenvalue weighted by Gasteiger charge is 2.30. The first kappa shape index (κ1) is 18.2. The molecule has 0 fully saturated rings. The number of anilines is 1. The molecule has 1 heterocycles. The van der Waals surface area contributed by atoms with Crippen LogP contribution in [0.5, 0.6) is 5.75 Å². The molecule has 1 aliphatic heterocycles. The van der Waals surface area contributed by atoms with Crippen molar-refractivity contribution in [2.45, 2.75) is 19.4 Å². The van der Waals surface area contributed by atoms with Crippen LogP contribution in [0.1, 0.15) is 12.5 Å². The molecular weight excluding hydrogens is 361 g/mol. The van der Waals surface area contributed by atoms with E-state index < -0.39 is 29.7 Å². The fourth-order valence-corrected chi connectivity index (χ4v) is 2.81. The van der Waals surface area contributed by atoms with E-state index in [2.05, 4.69) is 5.32 Å². The molecule has 1 aliphatic rings. The second kappa shape index (κ2) is 7.74. The van der Waals surface area contributed by atoms with Crippen molar-refractivity contribution in [3.8, 4) is 5.75 Å². The number of fused-ring (bicyclic) bond motifs is 1. The van der Waals surface area contributed by atoms with Crippen molar-refractivity contribution in [1.29, 1.82) is 0 Å². The van der Waals surface area contributed by atoms with Gasteiger partial charge in [-0.15, -0.1) is 0 Å². The number of carbonyl (C=O) groups excluding carboxylic acids is 2. The highest BCUT2D eigenvalue weighted by Crippen LogP contribution is 2.30. The number of benzene rings is 2. The minimum absolute atomic E-state index is 0.180. The first-order chi connectivity index (χ1) is 12.4. The van der Waals surface area contributed by atoms with E-state index in [9.17, 15) is 14.0 Å². The van der Waals surface area contributed by atoms with Gasteiger partial charge in [-0.2, -0.15) is 0 Å². The molecule has 5 nitrogen and oxygen atoms in total. The van der Waals surface area contributed by atoms with E-state index in [1.54, 1.807) is 18.2 Å². The third-order valence-electron chi connectivity index (χ3n) is 4.04. The van der Waals surface area contributed by atoms with E-state index >= 15 is 0 Å². The normalized spacial score (nSPS) is 16.8. The maximum absolute atomic E-state index is 12.9. The Labute approximate surface area is 155 Å². The molecule has 0 aromatic heterocycles. The lowest BCUT2D eigenvalue weighted by Gasteiger charge is -2.25. The van der Waals surface area contributed by atoms with Crippen LogP contribution >= 0.6 is 11.6 Å². The van der Waals surface area contributed by atoms with Crippen molar-refractivity contribution in [2.24, 2.45) is 5.92 Å². The van der Waals surface area contributed by atoms with Gasteiger partial charge in [0.2, 0.25) is 0 Å². The summed E-state index contributed by atoms with van der Waals surface area (Å²) in [6.07, 6.45) is -0.561. The molecule has 7 heteroatoms. The summed E-state index contributed by atoms with van der Waals surface area (Å²) in [4.78, 5) is 24.5. The van der Waals surface area contributed by atoms with E-state index in [4.69, 9.17) is 21.1 Å². The minimum atomic E-state index is -0.992. The lowest BCUT2D eigenvalue weighted by molar-refractivity contribution is -0.158. The lowest BCUT2D eigenvalue weighted by Crippen LogP contribution is -2.36. The van der Waals surface area contributed by atoms with Gasteiger partial charge in [-0.05, 0) is 61.4 Å². The van der Waals surface area contributed by atoms with E-state index in [1.165, 1.54) is 31.2 Å². The Kier molecular flexibility index (Phi) is 5.42. The standard InChI is InChI=1S/C19H17ClFNO4/c1-11(18(23)22-16-5-3-15(21)4-6-16)26-19(24)13-8-12-9-14(20)2-7-17(12)25-10-13/h2-7,9,11,13H,8,10H2,1H3,(H,22,23)/t11-,13+/m1/s1. The second-order valence-electron chi connectivity index (χ2n) is 6.04. The fourth-order valence-electron chi connectivity index (χ4n) is 2.62. The maximum atomic E-state index is 12.9. The molecule has 2 atom stereocenters. The monoisotopic (exact) mass is 377 g/mol. The third kappa shape index (κ3) is 4.32. The largest absolute Gasteiger partial charge is 0.492 e. The molecule has 1 amide bonds. The van der Waals surface area contributed by atoms with E-state index in [0.717, 1.165) is 5.56 Å². The molecule has 3 rings (SSSR count). The number of carbonyl (C=O) groups is 2. The van der Waals surface area contributed by atoms with Gasteiger partial charge in [0.15, 0.2) is 6.10 Å². The van der Waals surface area contributed by atoms with Crippen LogP contribution in [0.3, 0.4) is 0 Å². The van der Waals surface area contributed by atoms with Crippen LogP contribution in [0, 0.1) is 11.7 Å². The molecule has 1 N–H and O–H groups in total. The van der Waals surface area contributed by atoms with Crippen molar-refractivity contribution >= 4 is 29.2 Å². The van der Waals surface area contributed by atoms with Crippen LogP contribution in [0.4, 0.5) is 10.1 Å². The molecule has 0 radical (unpaired) electrons. The van der Waals surface area contributed by atoms with Crippen molar-refractivity contribution in [3.05, 3.63) is 58.9 Å². The van der Waals surface area contributed by atoms with Gasteiger partial charge in [-0.1, -0.05) is 11.6 Å². The zero-order valence-corrected chi connectivity index (χ0v) is 14.8. The number of esters is 1.